The molecule has 1 fully saturated rings. The van der Waals surface area contributed by atoms with Crippen LogP contribution in [-0.2, 0) is 7.05 Å². The van der Waals surface area contributed by atoms with Crippen LogP contribution in [0, 0.1) is 11.3 Å². The maximum Gasteiger partial charge on any atom is 0.354 e. The van der Waals surface area contributed by atoms with E-state index >= 15 is 0 Å². The van der Waals surface area contributed by atoms with Crippen molar-refractivity contribution in [1.82, 2.24) is 24.1 Å². The average molecular weight is 401 g/mol. The van der Waals surface area contributed by atoms with Crippen LogP contribution >= 0.6 is 0 Å². The summed E-state index contributed by atoms with van der Waals surface area (Å²) in [7, 11) is 1.96. The maximum atomic E-state index is 12.0. The third-order valence-electron chi connectivity index (χ3n) is 5.72. The zero-order valence-electron chi connectivity index (χ0n) is 16.4. The lowest BCUT2D eigenvalue weighted by molar-refractivity contribution is 0.474. The molecular formula is C21H19N7O2. The molecule has 3 aromatic heterocycles. The fourth-order valence-electron chi connectivity index (χ4n) is 4.26. The predicted octanol–water partition coefficient (Wildman–Crippen LogP) is 2.34. The molecule has 4 heterocycles. The van der Waals surface area contributed by atoms with Crippen LogP contribution in [0.5, 0.6) is 0 Å². The van der Waals surface area contributed by atoms with Gasteiger partial charge in [0.1, 0.15) is 24.5 Å². The molecule has 0 aliphatic carbocycles. The van der Waals surface area contributed by atoms with Gasteiger partial charge in [-0.1, -0.05) is 12.1 Å². The summed E-state index contributed by atoms with van der Waals surface area (Å²) in [5.41, 5.74) is 2.95. The number of nitrogens with zero attached hydrogens (tertiary/aromatic N) is 7. The van der Waals surface area contributed by atoms with E-state index in [4.69, 9.17) is 4.42 Å². The molecule has 1 aromatic carbocycles. The summed E-state index contributed by atoms with van der Waals surface area (Å²) in [6, 6.07) is 7.91. The first-order valence-corrected chi connectivity index (χ1v) is 9.74. The van der Waals surface area contributed by atoms with Crippen molar-refractivity contribution in [3.63, 3.8) is 0 Å². The molecule has 9 nitrogen and oxygen atoms in total. The number of benzene rings is 1. The molecule has 0 N–H and O–H groups in total. The van der Waals surface area contributed by atoms with Crippen molar-refractivity contribution < 1.29 is 4.42 Å². The molecule has 0 saturated carbocycles. The first-order chi connectivity index (χ1) is 14.7. The van der Waals surface area contributed by atoms with Gasteiger partial charge in [0.25, 0.3) is 0 Å². The minimum Gasteiger partial charge on any atom is -0.446 e. The van der Waals surface area contributed by atoms with Gasteiger partial charge in [0.05, 0.1) is 23.0 Å². The number of anilines is 1. The van der Waals surface area contributed by atoms with E-state index in [0.717, 1.165) is 43.0 Å². The minimum absolute atomic E-state index is 0.334. The highest BCUT2D eigenvalue weighted by atomic mass is 16.3. The highest BCUT2D eigenvalue weighted by molar-refractivity contribution is 5.88. The second-order valence-electron chi connectivity index (χ2n) is 7.41. The number of oxazole rings is 1. The topological polar surface area (TPSA) is 105 Å². The minimum atomic E-state index is -0.398. The fourth-order valence-corrected chi connectivity index (χ4v) is 4.26. The maximum absolute atomic E-state index is 12.0. The molecular weight excluding hydrogens is 382 g/mol. The summed E-state index contributed by atoms with van der Waals surface area (Å²) in [5.74, 6) is 1.33. The average Bonchev–Trinajstić information content (AvgIpc) is 3.43. The van der Waals surface area contributed by atoms with Crippen LogP contribution in [0.3, 0.4) is 0 Å². The molecule has 30 heavy (non-hydrogen) atoms. The Balaban J connectivity index is 1.55. The Labute approximate surface area is 171 Å². The van der Waals surface area contributed by atoms with E-state index in [-0.39, 0.29) is 0 Å². The molecule has 4 aromatic rings. The van der Waals surface area contributed by atoms with Gasteiger partial charge in [-0.25, -0.2) is 14.2 Å². The van der Waals surface area contributed by atoms with Gasteiger partial charge in [0, 0.05) is 37.8 Å². The molecule has 1 aliphatic rings. The van der Waals surface area contributed by atoms with Gasteiger partial charge in [-0.05, 0) is 18.9 Å². The summed E-state index contributed by atoms with van der Waals surface area (Å²) in [6.07, 6.45) is 8.08. The van der Waals surface area contributed by atoms with Crippen LogP contribution in [0.15, 0.2) is 52.4 Å². The first-order valence-electron chi connectivity index (χ1n) is 9.74. The van der Waals surface area contributed by atoms with Gasteiger partial charge in [-0.2, -0.15) is 5.26 Å². The van der Waals surface area contributed by atoms with Crippen LogP contribution < -0.4 is 10.6 Å². The number of para-hydroxylation sites is 1. The van der Waals surface area contributed by atoms with Gasteiger partial charge < -0.3 is 13.9 Å². The Bertz CT molecular complexity index is 1320. The number of nitriles is 1. The number of aromatic nitrogens is 5. The zero-order valence-corrected chi connectivity index (χ0v) is 16.4. The van der Waals surface area contributed by atoms with Crippen LogP contribution in [0.1, 0.15) is 30.1 Å². The van der Waals surface area contributed by atoms with E-state index < -0.39 is 5.69 Å². The Kier molecular flexibility index (Phi) is 4.32. The smallest absolute Gasteiger partial charge is 0.354 e. The predicted molar refractivity (Wildman–Crippen MR) is 109 cm³/mol. The third kappa shape index (κ3) is 2.85. The van der Waals surface area contributed by atoms with Crippen molar-refractivity contribution in [2.45, 2.75) is 18.8 Å². The van der Waals surface area contributed by atoms with Crippen LogP contribution in [0.2, 0.25) is 0 Å². The van der Waals surface area contributed by atoms with E-state index in [1.165, 1.54) is 16.9 Å². The van der Waals surface area contributed by atoms with E-state index in [2.05, 4.69) is 26.2 Å². The molecule has 9 heteroatoms. The van der Waals surface area contributed by atoms with E-state index in [0.29, 0.717) is 22.8 Å². The van der Waals surface area contributed by atoms with Crippen LogP contribution in [0.4, 0.5) is 5.69 Å². The van der Waals surface area contributed by atoms with Crippen LogP contribution in [0.25, 0.3) is 16.8 Å². The SMILES string of the molecule is Cn1cnnc1C1CCN(c2c(C#N)cccc2-c2cnc(=O)n3ccoc23)CC1. The Morgan fingerprint density at radius 3 is 2.80 bits per heavy atom. The van der Waals surface area contributed by atoms with Gasteiger partial charge >= 0.3 is 5.69 Å². The molecule has 0 spiro atoms. The van der Waals surface area contributed by atoms with Crippen molar-refractivity contribution >= 4 is 11.4 Å². The van der Waals surface area contributed by atoms with Crippen LogP contribution in [-0.4, -0.2) is 37.2 Å². The fraction of sp³-hybridized carbons (Fsp3) is 0.286. The molecule has 0 bridgehead atoms. The highest BCUT2D eigenvalue weighted by Gasteiger charge is 2.27. The molecule has 0 unspecified atom stereocenters. The third-order valence-corrected chi connectivity index (χ3v) is 5.72. The summed E-state index contributed by atoms with van der Waals surface area (Å²) in [6.45, 7) is 1.56. The number of hydrogen-bond acceptors (Lipinski definition) is 7. The molecule has 1 saturated heterocycles. The number of hydrogen-bond donors (Lipinski definition) is 0. The summed E-state index contributed by atoms with van der Waals surface area (Å²) in [5, 5.41) is 18.0. The van der Waals surface area contributed by atoms with E-state index in [9.17, 15) is 10.1 Å². The van der Waals surface area contributed by atoms with Crippen molar-refractivity contribution in [1.29, 1.82) is 5.26 Å². The Hall–Kier alpha value is -3.93. The van der Waals surface area contributed by atoms with E-state index in [1.807, 2.05) is 29.8 Å². The number of piperidine rings is 1. The highest BCUT2D eigenvalue weighted by Crippen LogP contribution is 2.38. The number of aryl methyl sites for hydroxylation is 1. The normalized spacial score (nSPS) is 14.9. The first kappa shape index (κ1) is 18.1. The molecule has 0 amide bonds. The van der Waals surface area contributed by atoms with Crippen molar-refractivity contribution in [3.05, 3.63) is 65.1 Å². The lowest BCUT2D eigenvalue weighted by Crippen LogP contribution is -2.34. The number of fused-ring (bicyclic) bond motifs is 1. The molecule has 0 radical (unpaired) electrons. The van der Waals surface area contributed by atoms with Gasteiger partial charge in [-0.15, -0.1) is 10.2 Å². The van der Waals surface area contributed by atoms with Gasteiger partial charge in [-0.3, -0.25) is 0 Å². The monoisotopic (exact) mass is 401 g/mol. The summed E-state index contributed by atoms with van der Waals surface area (Å²) >= 11 is 0. The second kappa shape index (κ2) is 7.15. The lowest BCUT2D eigenvalue weighted by atomic mass is 9.93. The molecule has 0 atom stereocenters. The Morgan fingerprint density at radius 2 is 2.07 bits per heavy atom. The zero-order chi connectivity index (χ0) is 20.7. The quantitative estimate of drug-likeness (QED) is 0.519. The van der Waals surface area contributed by atoms with Crippen molar-refractivity contribution in [3.8, 4) is 17.2 Å². The molecule has 5 rings (SSSR count). The second-order valence-corrected chi connectivity index (χ2v) is 7.41. The summed E-state index contributed by atoms with van der Waals surface area (Å²) in [4.78, 5) is 18.2. The van der Waals surface area contributed by atoms with Crippen molar-refractivity contribution in [2.75, 3.05) is 18.0 Å². The van der Waals surface area contributed by atoms with Crippen molar-refractivity contribution in [2.24, 2.45) is 7.05 Å². The van der Waals surface area contributed by atoms with Gasteiger partial charge in [0.2, 0.25) is 5.71 Å². The largest absolute Gasteiger partial charge is 0.446 e. The molecule has 150 valence electrons. The molecule has 1 aliphatic heterocycles. The Morgan fingerprint density at radius 1 is 1.23 bits per heavy atom. The summed E-state index contributed by atoms with van der Waals surface area (Å²) < 4.78 is 8.92. The van der Waals surface area contributed by atoms with E-state index in [1.54, 1.807) is 12.5 Å². The standard InChI is InChI=1S/C21H19N7O2/c1-26-13-24-25-19(26)14-5-7-27(8-6-14)18-15(11-22)3-2-4-16(18)17-12-23-21(29)28-9-10-30-20(17)28/h2-4,9-10,12-14H,5-8H2,1H3. The van der Waals surface area contributed by atoms with Gasteiger partial charge in [0.15, 0.2) is 0 Å². The lowest BCUT2D eigenvalue weighted by Gasteiger charge is -2.34. The number of rotatable bonds is 3.